The Balaban J connectivity index is 2.36. The highest BCUT2D eigenvalue weighted by atomic mass is 35.5. The first-order valence-electron chi connectivity index (χ1n) is 5.62. The highest BCUT2D eigenvalue weighted by Gasteiger charge is 2.35. The maximum atomic E-state index is 12.2. The monoisotopic (exact) mass is 306 g/mol. The van der Waals surface area contributed by atoms with E-state index in [2.05, 4.69) is 0 Å². The molecule has 3 nitrogen and oxygen atoms in total. The third-order valence-corrected chi connectivity index (χ3v) is 5.79. The summed E-state index contributed by atoms with van der Waals surface area (Å²) >= 11 is 11.7. The number of ketones is 1. The normalized spacial score (nSPS) is 22.7. The van der Waals surface area contributed by atoms with Gasteiger partial charge in [0.2, 0.25) is 0 Å². The third kappa shape index (κ3) is 2.71. The number of hydrogen-bond acceptors (Lipinski definition) is 3. The van der Waals surface area contributed by atoms with Crippen molar-refractivity contribution >= 4 is 38.8 Å². The van der Waals surface area contributed by atoms with Crippen LogP contribution < -0.4 is 0 Å². The van der Waals surface area contributed by atoms with Crippen molar-refractivity contribution in [3.63, 3.8) is 0 Å². The standard InChI is InChI=1S/C12H12Cl2O3S/c13-8-4-5-9(10(14)7-8)12(15)11-3-1-2-6-18(11,16)17/h4-5,7,11H,1-3,6H2. The molecule has 0 radical (unpaired) electrons. The second-order valence-electron chi connectivity index (χ2n) is 4.34. The fourth-order valence-electron chi connectivity index (χ4n) is 2.11. The van der Waals surface area contributed by atoms with Crippen molar-refractivity contribution in [2.24, 2.45) is 0 Å². The summed E-state index contributed by atoms with van der Waals surface area (Å²) in [6, 6.07) is 4.47. The van der Waals surface area contributed by atoms with Crippen LogP contribution in [0, 0.1) is 0 Å². The summed E-state index contributed by atoms with van der Waals surface area (Å²) < 4.78 is 23.8. The molecule has 1 unspecified atom stereocenters. The molecular weight excluding hydrogens is 295 g/mol. The molecule has 0 N–H and O–H groups in total. The highest BCUT2D eigenvalue weighted by Crippen LogP contribution is 2.27. The number of hydrogen-bond donors (Lipinski definition) is 0. The summed E-state index contributed by atoms with van der Waals surface area (Å²) in [5.74, 6) is -0.342. The van der Waals surface area contributed by atoms with E-state index in [1.165, 1.54) is 18.2 Å². The predicted octanol–water partition coefficient (Wildman–Crippen LogP) is 3.14. The number of halogens is 2. The molecule has 98 valence electrons. The second-order valence-corrected chi connectivity index (χ2v) is 7.49. The van der Waals surface area contributed by atoms with E-state index in [1.54, 1.807) is 0 Å². The molecule has 1 aliphatic heterocycles. The van der Waals surface area contributed by atoms with Crippen LogP contribution in [0.25, 0.3) is 0 Å². The average Bonchev–Trinajstić information content (AvgIpc) is 2.27. The summed E-state index contributed by atoms with van der Waals surface area (Å²) in [6.45, 7) is 0. The first-order valence-corrected chi connectivity index (χ1v) is 8.10. The lowest BCUT2D eigenvalue weighted by Crippen LogP contribution is -2.35. The van der Waals surface area contributed by atoms with Crippen LogP contribution in [-0.2, 0) is 9.84 Å². The highest BCUT2D eigenvalue weighted by molar-refractivity contribution is 7.92. The van der Waals surface area contributed by atoms with Gasteiger partial charge in [0.1, 0.15) is 5.25 Å². The predicted molar refractivity (Wildman–Crippen MR) is 72.2 cm³/mol. The van der Waals surface area contributed by atoms with Gasteiger partial charge in [0, 0.05) is 10.6 Å². The number of rotatable bonds is 2. The molecule has 1 aliphatic rings. The van der Waals surface area contributed by atoms with Crippen LogP contribution in [-0.4, -0.2) is 25.2 Å². The summed E-state index contributed by atoms with van der Waals surface area (Å²) in [4.78, 5) is 12.2. The summed E-state index contributed by atoms with van der Waals surface area (Å²) in [5, 5.41) is -0.332. The average molecular weight is 307 g/mol. The largest absolute Gasteiger partial charge is 0.293 e. The Kier molecular flexibility index (Phi) is 3.99. The minimum atomic E-state index is -3.34. The minimum Gasteiger partial charge on any atom is -0.293 e. The lowest BCUT2D eigenvalue weighted by Gasteiger charge is -2.21. The molecule has 1 aromatic carbocycles. The van der Waals surface area contributed by atoms with Gasteiger partial charge in [0.05, 0.1) is 10.8 Å². The number of carbonyl (C=O) groups is 1. The van der Waals surface area contributed by atoms with Crippen molar-refractivity contribution in [2.45, 2.75) is 24.5 Å². The maximum Gasteiger partial charge on any atom is 0.182 e. The van der Waals surface area contributed by atoms with Crippen LogP contribution in [0.4, 0.5) is 0 Å². The molecule has 0 saturated carbocycles. The molecule has 1 aromatic rings. The van der Waals surface area contributed by atoms with Crippen molar-refractivity contribution in [1.29, 1.82) is 0 Å². The molecular formula is C12H12Cl2O3S. The zero-order valence-corrected chi connectivity index (χ0v) is 11.9. The quantitative estimate of drug-likeness (QED) is 0.789. The molecule has 6 heteroatoms. The molecule has 1 atom stereocenters. The Bertz CT molecular complexity index is 581. The van der Waals surface area contributed by atoms with Crippen molar-refractivity contribution < 1.29 is 13.2 Å². The Morgan fingerprint density at radius 1 is 1.22 bits per heavy atom. The van der Waals surface area contributed by atoms with E-state index >= 15 is 0 Å². The zero-order valence-electron chi connectivity index (χ0n) is 9.53. The van der Waals surface area contributed by atoms with Crippen LogP contribution in [0.1, 0.15) is 29.6 Å². The molecule has 0 spiro atoms. The number of sulfone groups is 1. The first kappa shape index (κ1) is 13.8. The number of Topliss-reactive ketones (excluding diaryl/α,β-unsaturated/α-hetero) is 1. The van der Waals surface area contributed by atoms with Gasteiger partial charge in [-0.05, 0) is 31.0 Å². The van der Waals surface area contributed by atoms with E-state index in [1.807, 2.05) is 0 Å². The van der Waals surface area contributed by atoms with Gasteiger partial charge in [0.15, 0.2) is 15.6 Å². The smallest absolute Gasteiger partial charge is 0.182 e. The van der Waals surface area contributed by atoms with Gasteiger partial charge in [-0.2, -0.15) is 0 Å². The van der Waals surface area contributed by atoms with Gasteiger partial charge in [-0.15, -0.1) is 0 Å². The van der Waals surface area contributed by atoms with Gasteiger partial charge in [-0.1, -0.05) is 29.6 Å². The molecule has 0 bridgehead atoms. The lowest BCUT2D eigenvalue weighted by molar-refractivity contribution is 0.0981. The van der Waals surface area contributed by atoms with Crippen molar-refractivity contribution in [3.8, 4) is 0 Å². The fraction of sp³-hybridized carbons (Fsp3) is 0.417. The van der Waals surface area contributed by atoms with E-state index in [0.29, 0.717) is 17.9 Å². The molecule has 0 aliphatic carbocycles. The van der Waals surface area contributed by atoms with Crippen LogP contribution >= 0.6 is 23.2 Å². The third-order valence-electron chi connectivity index (χ3n) is 3.07. The van der Waals surface area contributed by atoms with Gasteiger partial charge in [-0.3, -0.25) is 4.79 Å². The summed E-state index contributed by atoms with van der Waals surface area (Å²) in [5.41, 5.74) is 0.233. The molecule has 1 saturated heterocycles. The molecule has 18 heavy (non-hydrogen) atoms. The maximum absolute atomic E-state index is 12.2. The van der Waals surface area contributed by atoms with E-state index in [0.717, 1.165) is 6.42 Å². The topological polar surface area (TPSA) is 51.2 Å². The Morgan fingerprint density at radius 3 is 2.56 bits per heavy atom. The number of carbonyl (C=O) groups excluding carboxylic acids is 1. The van der Waals surface area contributed by atoms with E-state index in [-0.39, 0.29) is 16.3 Å². The Labute approximate surface area is 116 Å². The first-order chi connectivity index (χ1) is 8.42. The van der Waals surface area contributed by atoms with E-state index < -0.39 is 20.9 Å². The van der Waals surface area contributed by atoms with Crippen molar-refractivity contribution in [3.05, 3.63) is 33.8 Å². The van der Waals surface area contributed by atoms with Crippen molar-refractivity contribution in [2.75, 3.05) is 5.75 Å². The van der Waals surface area contributed by atoms with Gasteiger partial charge in [-0.25, -0.2) is 8.42 Å². The van der Waals surface area contributed by atoms with Crippen LogP contribution in [0.15, 0.2) is 18.2 Å². The second kappa shape index (κ2) is 5.19. The fourth-order valence-corrected chi connectivity index (χ4v) is 4.48. The summed E-state index contributed by atoms with van der Waals surface area (Å²) in [6.07, 6.45) is 1.75. The van der Waals surface area contributed by atoms with Crippen LogP contribution in [0.3, 0.4) is 0 Å². The summed E-state index contributed by atoms with van der Waals surface area (Å²) in [7, 11) is -3.34. The van der Waals surface area contributed by atoms with E-state index in [9.17, 15) is 13.2 Å². The van der Waals surface area contributed by atoms with Crippen LogP contribution in [0.5, 0.6) is 0 Å². The number of benzene rings is 1. The molecule has 0 amide bonds. The van der Waals surface area contributed by atoms with Crippen LogP contribution in [0.2, 0.25) is 10.0 Å². The SMILES string of the molecule is O=C(c1ccc(Cl)cc1Cl)C1CCCCS1(=O)=O. The van der Waals surface area contributed by atoms with E-state index in [4.69, 9.17) is 23.2 Å². The Hall–Kier alpha value is -0.580. The van der Waals surface area contributed by atoms with Gasteiger partial charge >= 0.3 is 0 Å². The molecule has 2 rings (SSSR count). The minimum absolute atomic E-state index is 0.0780. The zero-order chi connectivity index (χ0) is 13.3. The van der Waals surface area contributed by atoms with Crippen molar-refractivity contribution in [1.82, 2.24) is 0 Å². The molecule has 1 heterocycles. The molecule has 1 fully saturated rings. The lowest BCUT2D eigenvalue weighted by atomic mass is 10.0. The Morgan fingerprint density at radius 2 is 1.94 bits per heavy atom. The van der Waals surface area contributed by atoms with Gasteiger partial charge < -0.3 is 0 Å². The molecule has 0 aromatic heterocycles. The van der Waals surface area contributed by atoms with Gasteiger partial charge in [0.25, 0.3) is 0 Å².